The van der Waals surface area contributed by atoms with Crippen LogP contribution < -0.4 is 10.2 Å². The molecule has 0 aliphatic carbocycles. The van der Waals surface area contributed by atoms with Gasteiger partial charge in [0.15, 0.2) is 0 Å². The molecule has 1 aliphatic heterocycles. The highest BCUT2D eigenvalue weighted by atomic mass is 19.4. The van der Waals surface area contributed by atoms with Gasteiger partial charge in [-0.15, -0.1) is 0 Å². The number of hydrogen-bond donors (Lipinski definition) is 1. The van der Waals surface area contributed by atoms with Gasteiger partial charge in [0.1, 0.15) is 11.6 Å². The van der Waals surface area contributed by atoms with Gasteiger partial charge in [0, 0.05) is 19.1 Å². The van der Waals surface area contributed by atoms with Gasteiger partial charge in [-0.05, 0) is 45.2 Å². The number of hydrogen-bond acceptors (Lipinski definition) is 3. The molecule has 0 radical (unpaired) electrons. The lowest BCUT2D eigenvalue weighted by Crippen LogP contribution is -2.38. The number of aromatic nitrogens is 1. The number of nitrogens with zero attached hydrogens (tertiary/aromatic N) is 2. The number of pyridine rings is 1. The highest BCUT2D eigenvalue weighted by molar-refractivity contribution is 5.52. The van der Waals surface area contributed by atoms with Gasteiger partial charge in [-0.3, -0.25) is 0 Å². The molecule has 1 N–H and O–H groups in total. The topological polar surface area (TPSA) is 28.2 Å². The van der Waals surface area contributed by atoms with Crippen LogP contribution in [-0.4, -0.2) is 24.1 Å². The van der Waals surface area contributed by atoms with E-state index in [9.17, 15) is 13.2 Å². The molecule has 20 heavy (non-hydrogen) atoms. The van der Waals surface area contributed by atoms with Crippen molar-refractivity contribution in [1.29, 1.82) is 0 Å². The van der Waals surface area contributed by atoms with E-state index in [4.69, 9.17) is 0 Å². The molecule has 1 aliphatic rings. The molecular formula is C14H20F3N3. The van der Waals surface area contributed by atoms with Gasteiger partial charge in [0.25, 0.3) is 0 Å². The fourth-order valence-corrected chi connectivity index (χ4v) is 2.54. The van der Waals surface area contributed by atoms with E-state index < -0.39 is 11.7 Å². The van der Waals surface area contributed by atoms with E-state index in [1.54, 1.807) is 0 Å². The molecule has 1 fully saturated rings. The summed E-state index contributed by atoms with van der Waals surface area (Å²) in [5.74, 6) is 0.707. The predicted molar refractivity (Wildman–Crippen MR) is 74.1 cm³/mol. The second kappa shape index (κ2) is 5.89. The maximum atomic E-state index is 13.0. The van der Waals surface area contributed by atoms with Crippen LogP contribution in [0.2, 0.25) is 0 Å². The summed E-state index contributed by atoms with van der Waals surface area (Å²) in [5.41, 5.74) is -0.642. The molecule has 1 atom stereocenters. The number of alkyl halides is 3. The van der Waals surface area contributed by atoms with Crippen LogP contribution in [0.3, 0.4) is 0 Å². The second-order valence-corrected chi connectivity index (χ2v) is 5.17. The third-order valence-electron chi connectivity index (χ3n) is 3.59. The second-order valence-electron chi connectivity index (χ2n) is 5.17. The van der Waals surface area contributed by atoms with Crippen LogP contribution >= 0.6 is 0 Å². The van der Waals surface area contributed by atoms with Crippen molar-refractivity contribution >= 4 is 11.6 Å². The highest BCUT2D eigenvalue weighted by Crippen LogP contribution is 2.34. The number of nitrogens with one attached hydrogen (secondary N) is 1. The maximum absolute atomic E-state index is 13.0. The van der Waals surface area contributed by atoms with Crippen LogP contribution in [0.25, 0.3) is 0 Å². The summed E-state index contributed by atoms with van der Waals surface area (Å²) in [6, 6.07) is 2.46. The highest BCUT2D eigenvalue weighted by Gasteiger charge is 2.33. The van der Waals surface area contributed by atoms with Crippen LogP contribution in [0.5, 0.6) is 0 Å². The zero-order valence-corrected chi connectivity index (χ0v) is 11.8. The fraction of sp³-hybridized carbons (Fsp3) is 0.643. The van der Waals surface area contributed by atoms with Crippen molar-refractivity contribution in [2.45, 2.75) is 45.3 Å². The minimum Gasteiger partial charge on any atom is -0.370 e. The van der Waals surface area contributed by atoms with E-state index in [-0.39, 0.29) is 11.9 Å². The van der Waals surface area contributed by atoms with Gasteiger partial charge in [0.05, 0.1) is 5.56 Å². The van der Waals surface area contributed by atoms with E-state index >= 15 is 0 Å². The van der Waals surface area contributed by atoms with Crippen molar-refractivity contribution < 1.29 is 13.2 Å². The number of anilines is 2. The molecule has 0 aromatic carbocycles. The molecule has 2 heterocycles. The maximum Gasteiger partial charge on any atom is 0.416 e. The lowest BCUT2D eigenvalue weighted by molar-refractivity contribution is -0.137. The summed E-state index contributed by atoms with van der Waals surface area (Å²) >= 11 is 0. The summed E-state index contributed by atoms with van der Waals surface area (Å²) in [6.07, 6.45) is -1.23. The van der Waals surface area contributed by atoms with Crippen LogP contribution in [0.1, 0.15) is 38.7 Å². The number of piperidine rings is 1. The first-order chi connectivity index (χ1) is 9.41. The van der Waals surface area contributed by atoms with Gasteiger partial charge in [-0.25, -0.2) is 4.98 Å². The Labute approximate surface area is 117 Å². The largest absolute Gasteiger partial charge is 0.416 e. The first-order valence-electron chi connectivity index (χ1n) is 7.01. The molecule has 6 heteroatoms. The van der Waals surface area contributed by atoms with Gasteiger partial charge in [0.2, 0.25) is 0 Å². The molecule has 1 aromatic rings. The van der Waals surface area contributed by atoms with E-state index in [1.165, 1.54) is 0 Å². The Morgan fingerprint density at radius 3 is 2.70 bits per heavy atom. The Bertz CT molecular complexity index is 459. The van der Waals surface area contributed by atoms with Crippen LogP contribution in [0.15, 0.2) is 12.1 Å². The fourth-order valence-electron chi connectivity index (χ4n) is 2.54. The summed E-state index contributed by atoms with van der Waals surface area (Å²) in [6.45, 7) is 5.18. The average Bonchev–Trinajstić information content (AvgIpc) is 2.38. The lowest BCUT2D eigenvalue weighted by atomic mass is 10.0. The Balaban J connectivity index is 2.38. The molecule has 112 valence electrons. The molecule has 2 rings (SSSR count). The minimum atomic E-state index is -4.35. The SMILES string of the molecule is CCNc1cc(C(F)(F)F)cc(N2CCCCC2C)n1. The van der Waals surface area contributed by atoms with E-state index in [1.807, 2.05) is 18.7 Å². The van der Waals surface area contributed by atoms with Crippen LogP contribution in [0.4, 0.5) is 24.8 Å². The minimum absolute atomic E-state index is 0.231. The molecule has 0 spiro atoms. The molecule has 3 nitrogen and oxygen atoms in total. The molecule has 1 aromatic heterocycles. The average molecular weight is 287 g/mol. The third-order valence-corrected chi connectivity index (χ3v) is 3.59. The molecule has 0 amide bonds. The monoisotopic (exact) mass is 287 g/mol. The quantitative estimate of drug-likeness (QED) is 0.913. The van der Waals surface area contributed by atoms with Crippen LogP contribution in [0, 0.1) is 0 Å². The third kappa shape index (κ3) is 3.35. The van der Waals surface area contributed by atoms with Gasteiger partial charge in [-0.2, -0.15) is 13.2 Å². The Kier molecular flexibility index (Phi) is 4.40. The molecule has 0 bridgehead atoms. The Hall–Kier alpha value is -1.46. The summed E-state index contributed by atoms with van der Waals surface area (Å²) < 4.78 is 38.9. The number of rotatable bonds is 3. The summed E-state index contributed by atoms with van der Waals surface area (Å²) in [5, 5.41) is 2.88. The van der Waals surface area contributed by atoms with Crippen LogP contribution in [-0.2, 0) is 6.18 Å². The van der Waals surface area contributed by atoms with Gasteiger partial charge >= 0.3 is 6.18 Å². The molecule has 1 saturated heterocycles. The van der Waals surface area contributed by atoms with E-state index in [2.05, 4.69) is 10.3 Å². The molecule has 0 saturated carbocycles. The van der Waals surface area contributed by atoms with Crippen molar-refractivity contribution in [2.75, 3.05) is 23.3 Å². The zero-order chi connectivity index (χ0) is 14.8. The first kappa shape index (κ1) is 14.9. The van der Waals surface area contributed by atoms with Crippen molar-refractivity contribution in [3.05, 3.63) is 17.7 Å². The molecular weight excluding hydrogens is 267 g/mol. The van der Waals surface area contributed by atoms with Gasteiger partial charge in [-0.1, -0.05) is 0 Å². The molecule has 1 unspecified atom stereocenters. The lowest BCUT2D eigenvalue weighted by Gasteiger charge is -2.35. The zero-order valence-electron chi connectivity index (χ0n) is 11.8. The van der Waals surface area contributed by atoms with Crippen molar-refractivity contribution in [2.24, 2.45) is 0 Å². The van der Waals surface area contributed by atoms with Crippen molar-refractivity contribution in [3.63, 3.8) is 0 Å². The Morgan fingerprint density at radius 1 is 1.35 bits per heavy atom. The first-order valence-corrected chi connectivity index (χ1v) is 7.01. The Morgan fingerprint density at radius 2 is 2.10 bits per heavy atom. The van der Waals surface area contributed by atoms with Crippen molar-refractivity contribution in [1.82, 2.24) is 4.98 Å². The smallest absolute Gasteiger partial charge is 0.370 e. The summed E-state index contributed by atoms with van der Waals surface area (Å²) in [4.78, 5) is 6.30. The van der Waals surface area contributed by atoms with Crippen molar-refractivity contribution in [3.8, 4) is 0 Å². The van der Waals surface area contributed by atoms with Gasteiger partial charge < -0.3 is 10.2 Å². The summed E-state index contributed by atoms with van der Waals surface area (Å²) in [7, 11) is 0. The van der Waals surface area contributed by atoms with E-state index in [0.29, 0.717) is 12.4 Å². The predicted octanol–water partition coefficient (Wildman–Crippen LogP) is 3.91. The standard InChI is InChI=1S/C14H20F3N3/c1-3-18-12-8-11(14(15,16)17)9-13(19-12)20-7-5-4-6-10(20)2/h8-10H,3-7H2,1-2H3,(H,18,19). The normalized spacial score (nSPS) is 20.1. The van der Waals surface area contributed by atoms with E-state index in [0.717, 1.165) is 37.9 Å². The number of halogens is 3.